The van der Waals surface area contributed by atoms with Crippen LogP contribution in [0, 0.1) is 6.92 Å². The van der Waals surface area contributed by atoms with E-state index in [1.54, 1.807) is 18.2 Å². The molecule has 28 heavy (non-hydrogen) atoms. The van der Waals surface area contributed by atoms with Gasteiger partial charge in [0, 0.05) is 18.6 Å². The summed E-state index contributed by atoms with van der Waals surface area (Å²) < 4.78 is 6.42. The zero-order chi connectivity index (χ0) is 19.5. The summed E-state index contributed by atoms with van der Waals surface area (Å²) >= 11 is 1.44. The second-order valence-corrected chi connectivity index (χ2v) is 7.04. The normalized spacial score (nSPS) is 10.8. The monoisotopic (exact) mass is 391 g/mol. The van der Waals surface area contributed by atoms with Gasteiger partial charge in [-0.05, 0) is 30.7 Å². The predicted molar refractivity (Wildman–Crippen MR) is 108 cm³/mol. The molecule has 0 unspecified atom stereocenters. The lowest BCUT2D eigenvalue weighted by Gasteiger charge is -2.18. The van der Waals surface area contributed by atoms with Crippen LogP contribution in [0.25, 0.3) is 10.2 Å². The van der Waals surface area contributed by atoms with Gasteiger partial charge in [0.05, 0.1) is 30.2 Å². The Bertz CT molecular complexity index is 1120. The van der Waals surface area contributed by atoms with Crippen molar-refractivity contribution in [3.05, 3.63) is 72.1 Å². The molecular formula is C20H17N5O2S. The molecular weight excluding hydrogens is 374 g/mol. The molecule has 0 radical (unpaired) electrons. The van der Waals surface area contributed by atoms with E-state index in [-0.39, 0.29) is 18.1 Å². The Labute approximate surface area is 165 Å². The third-order valence-electron chi connectivity index (χ3n) is 4.22. The Morgan fingerprint density at radius 1 is 1.14 bits per heavy atom. The van der Waals surface area contributed by atoms with Gasteiger partial charge >= 0.3 is 0 Å². The first-order valence-corrected chi connectivity index (χ1v) is 9.41. The van der Waals surface area contributed by atoms with Crippen LogP contribution in [0.1, 0.15) is 21.7 Å². The molecule has 4 rings (SSSR count). The topological polar surface area (TPSA) is 81.1 Å². The van der Waals surface area contributed by atoms with Crippen LogP contribution in [0.3, 0.4) is 0 Å². The summed E-state index contributed by atoms with van der Waals surface area (Å²) in [7, 11) is 1.61. The maximum atomic E-state index is 13.2. The molecule has 1 amide bonds. The Balaban J connectivity index is 1.82. The minimum absolute atomic E-state index is 0.251. The molecule has 3 aromatic heterocycles. The second kappa shape index (κ2) is 7.69. The van der Waals surface area contributed by atoms with E-state index in [0.717, 1.165) is 21.5 Å². The molecule has 0 atom stereocenters. The number of carbonyl (C=O) groups excluding carboxylic acids is 1. The van der Waals surface area contributed by atoms with Gasteiger partial charge in [0.2, 0.25) is 0 Å². The number of thiazole rings is 1. The zero-order valence-electron chi connectivity index (χ0n) is 15.4. The molecule has 0 fully saturated rings. The van der Waals surface area contributed by atoms with Crippen LogP contribution in [0.5, 0.6) is 5.75 Å². The highest BCUT2D eigenvalue weighted by molar-refractivity contribution is 7.22. The van der Waals surface area contributed by atoms with Crippen molar-refractivity contribution >= 4 is 32.6 Å². The molecule has 7 nitrogen and oxygen atoms in total. The molecule has 0 aliphatic carbocycles. The van der Waals surface area contributed by atoms with Crippen LogP contribution in [-0.4, -0.2) is 33.0 Å². The minimum atomic E-state index is -0.283. The lowest BCUT2D eigenvalue weighted by Crippen LogP contribution is -2.31. The number of pyridine rings is 1. The van der Waals surface area contributed by atoms with Crippen LogP contribution in [0.2, 0.25) is 0 Å². The fourth-order valence-corrected chi connectivity index (χ4v) is 3.86. The molecule has 0 bridgehead atoms. The largest absolute Gasteiger partial charge is 0.494 e. The van der Waals surface area contributed by atoms with E-state index in [4.69, 9.17) is 9.72 Å². The molecule has 0 N–H and O–H groups in total. The van der Waals surface area contributed by atoms with E-state index in [9.17, 15) is 4.79 Å². The molecule has 0 aliphatic heterocycles. The van der Waals surface area contributed by atoms with E-state index in [1.165, 1.54) is 29.9 Å². The highest BCUT2D eigenvalue weighted by Crippen LogP contribution is 2.37. The number of benzene rings is 1. The number of nitrogens with zero attached hydrogens (tertiary/aromatic N) is 5. The number of carbonyl (C=O) groups is 1. The summed E-state index contributed by atoms with van der Waals surface area (Å²) in [6.45, 7) is 2.29. The number of methoxy groups -OCH3 is 1. The fraction of sp³-hybridized carbons (Fsp3) is 0.150. The third-order valence-corrected chi connectivity index (χ3v) is 5.43. The zero-order valence-corrected chi connectivity index (χ0v) is 16.2. The van der Waals surface area contributed by atoms with E-state index in [1.807, 2.05) is 37.3 Å². The van der Waals surface area contributed by atoms with Gasteiger partial charge in [-0.15, -0.1) is 0 Å². The van der Waals surface area contributed by atoms with Gasteiger partial charge in [-0.1, -0.05) is 23.5 Å². The maximum absolute atomic E-state index is 13.2. The summed E-state index contributed by atoms with van der Waals surface area (Å²) in [6.07, 6.45) is 6.18. The average molecular weight is 391 g/mol. The first-order chi connectivity index (χ1) is 13.7. The molecule has 140 valence electrons. The first kappa shape index (κ1) is 18.0. The Hall–Kier alpha value is -3.39. The third kappa shape index (κ3) is 3.41. The van der Waals surface area contributed by atoms with Crippen molar-refractivity contribution in [1.82, 2.24) is 19.9 Å². The molecule has 3 heterocycles. The van der Waals surface area contributed by atoms with Crippen molar-refractivity contribution in [3.63, 3.8) is 0 Å². The Morgan fingerprint density at radius 3 is 2.75 bits per heavy atom. The highest BCUT2D eigenvalue weighted by Gasteiger charge is 2.24. The number of fused-ring (bicyclic) bond motifs is 1. The smallest absolute Gasteiger partial charge is 0.280 e. The van der Waals surface area contributed by atoms with Crippen LogP contribution in [0.4, 0.5) is 5.13 Å². The SMILES string of the molecule is COc1ccc(C)c2sc(N(Cc3ccccn3)C(=O)c3cnccn3)nc12. The van der Waals surface area contributed by atoms with Crippen molar-refractivity contribution in [1.29, 1.82) is 0 Å². The summed E-state index contributed by atoms with van der Waals surface area (Å²) in [5, 5.41) is 0.559. The standard InChI is InChI=1S/C20H17N5O2S/c1-13-6-7-16(27-2)17-18(13)28-20(24-17)25(12-14-5-3-4-8-22-14)19(26)15-11-21-9-10-23-15/h3-11H,12H2,1-2H3. The van der Waals surface area contributed by atoms with Gasteiger partial charge in [-0.2, -0.15) is 0 Å². The number of ether oxygens (including phenoxy) is 1. The molecule has 0 aliphatic rings. The van der Waals surface area contributed by atoms with E-state index in [2.05, 4.69) is 15.0 Å². The number of hydrogen-bond donors (Lipinski definition) is 0. The lowest BCUT2D eigenvalue weighted by molar-refractivity contribution is 0.0979. The van der Waals surface area contributed by atoms with Gasteiger partial charge in [-0.3, -0.25) is 19.7 Å². The summed E-state index contributed by atoms with van der Waals surface area (Å²) in [6, 6.07) is 9.46. The van der Waals surface area contributed by atoms with Crippen LogP contribution < -0.4 is 9.64 Å². The van der Waals surface area contributed by atoms with Gasteiger partial charge < -0.3 is 4.74 Å². The van der Waals surface area contributed by atoms with Gasteiger partial charge in [0.15, 0.2) is 5.13 Å². The summed E-state index contributed by atoms with van der Waals surface area (Å²) in [4.78, 5) is 32.0. The minimum Gasteiger partial charge on any atom is -0.494 e. The highest BCUT2D eigenvalue weighted by atomic mass is 32.1. The van der Waals surface area contributed by atoms with Crippen molar-refractivity contribution in [2.24, 2.45) is 0 Å². The lowest BCUT2D eigenvalue weighted by atomic mass is 10.2. The Kier molecular flexibility index (Phi) is 4.94. The number of hydrogen-bond acceptors (Lipinski definition) is 7. The van der Waals surface area contributed by atoms with Crippen LogP contribution in [0.15, 0.2) is 55.1 Å². The predicted octanol–water partition coefficient (Wildman–Crippen LogP) is 3.65. The van der Waals surface area contributed by atoms with Gasteiger partial charge in [-0.25, -0.2) is 9.97 Å². The van der Waals surface area contributed by atoms with Crippen molar-refractivity contribution in [2.75, 3.05) is 12.0 Å². The van der Waals surface area contributed by atoms with Crippen LogP contribution >= 0.6 is 11.3 Å². The molecule has 1 aromatic carbocycles. The summed E-state index contributed by atoms with van der Waals surface area (Å²) in [5.74, 6) is 0.391. The number of aryl methyl sites for hydroxylation is 1. The number of anilines is 1. The number of rotatable bonds is 5. The van der Waals surface area contributed by atoms with Crippen molar-refractivity contribution < 1.29 is 9.53 Å². The Morgan fingerprint density at radius 2 is 2.04 bits per heavy atom. The van der Waals surface area contributed by atoms with Gasteiger partial charge in [0.25, 0.3) is 5.91 Å². The van der Waals surface area contributed by atoms with Crippen molar-refractivity contribution in [2.45, 2.75) is 13.5 Å². The summed E-state index contributed by atoms with van der Waals surface area (Å²) in [5.41, 5.74) is 2.81. The van der Waals surface area contributed by atoms with Gasteiger partial charge in [0.1, 0.15) is 17.0 Å². The maximum Gasteiger partial charge on any atom is 0.280 e. The molecule has 4 aromatic rings. The quantitative estimate of drug-likeness (QED) is 0.517. The van der Waals surface area contributed by atoms with E-state index < -0.39 is 0 Å². The molecule has 8 heteroatoms. The average Bonchev–Trinajstić information content (AvgIpc) is 3.19. The van der Waals surface area contributed by atoms with E-state index >= 15 is 0 Å². The van der Waals surface area contributed by atoms with E-state index in [0.29, 0.717) is 10.9 Å². The van der Waals surface area contributed by atoms with Crippen LogP contribution in [-0.2, 0) is 6.54 Å². The first-order valence-electron chi connectivity index (χ1n) is 8.59. The fourth-order valence-electron chi connectivity index (χ4n) is 2.81. The van der Waals surface area contributed by atoms with Crippen molar-refractivity contribution in [3.8, 4) is 5.75 Å². The molecule has 0 saturated heterocycles. The number of aromatic nitrogens is 4. The molecule has 0 saturated carbocycles. The number of amides is 1. The molecule has 0 spiro atoms. The second-order valence-electron chi connectivity index (χ2n) is 6.06.